The Labute approximate surface area is 129 Å². The maximum Gasteiger partial charge on any atom is 0.237 e. The second-order valence-electron chi connectivity index (χ2n) is 5.13. The van der Waals surface area contributed by atoms with Crippen molar-refractivity contribution in [2.75, 3.05) is 24.3 Å². The summed E-state index contributed by atoms with van der Waals surface area (Å²) < 4.78 is 23.9. The summed E-state index contributed by atoms with van der Waals surface area (Å²) in [5.41, 5.74) is 4.58. The van der Waals surface area contributed by atoms with Gasteiger partial charge in [-0.3, -0.25) is 4.79 Å². The molecule has 1 unspecified atom stereocenters. The van der Waals surface area contributed by atoms with Crippen LogP contribution in [0.5, 0.6) is 0 Å². The Kier molecular flexibility index (Phi) is 5.92. The van der Waals surface area contributed by atoms with E-state index in [1.54, 1.807) is 13.8 Å². The minimum atomic E-state index is -3.39. The van der Waals surface area contributed by atoms with Crippen molar-refractivity contribution < 1.29 is 18.4 Å². The zero-order chi connectivity index (χ0) is 16.3. The average molecular weight is 337 g/mol. The molecule has 21 heavy (non-hydrogen) atoms. The number of amides is 1. The molecule has 7 nitrogen and oxygen atoms in total. The summed E-state index contributed by atoms with van der Waals surface area (Å²) in [6.45, 7) is 3.89. The Morgan fingerprint density at radius 1 is 1.48 bits per heavy atom. The molecule has 0 aliphatic carbocycles. The molecule has 3 N–H and O–H groups in total. The molecule has 0 bridgehead atoms. The molecule has 1 atom stereocenters. The van der Waals surface area contributed by atoms with Gasteiger partial charge in [-0.25, -0.2) is 8.42 Å². The molecule has 1 fully saturated rings. The third kappa shape index (κ3) is 3.45. The molecular formula is C12H23N3O4S2. The Morgan fingerprint density at radius 2 is 2.05 bits per heavy atom. The average Bonchev–Trinajstić information content (AvgIpc) is 2.47. The number of oxime groups is 1. The lowest BCUT2D eigenvalue weighted by atomic mass is 9.79. The third-order valence-electron chi connectivity index (χ3n) is 4.05. The van der Waals surface area contributed by atoms with E-state index in [9.17, 15) is 13.2 Å². The van der Waals surface area contributed by atoms with Crippen LogP contribution in [-0.4, -0.2) is 59.9 Å². The molecule has 0 radical (unpaired) electrons. The fraction of sp³-hybridized carbons (Fsp3) is 0.833. The number of nitrogens with two attached hydrogens (primary N) is 1. The van der Waals surface area contributed by atoms with Gasteiger partial charge in [0.1, 0.15) is 10.8 Å². The number of thioether (sulfide) groups is 1. The highest BCUT2D eigenvalue weighted by Crippen LogP contribution is 2.33. The first-order valence-electron chi connectivity index (χ1n) is 6.80. The van der Waals surface area contributed by atoms with Crippen molar-refractivity contribution in [3.63, 3.8) is 0 Å². The Bertz CT molecular complexity index is 515. The highest BCUT2D eigenvalue weighted by Gasteiger charge is 2.46. The van der Waals surface area contributed by atoms with Gasteiger partial charge < -0.3 is 15.8 Å². The van der Waals surface area contributed by atoms with E-state index >= 15 is 0 Å². The molecule has 0 saturated carbocycles. The van der Waals surface area contributed by atoms with E-state index in [0.29, 0.717) is 30.9 Å². The van der Waals surface area contributed by atoms with Crippen molar-refractivity contribution in [1.82, 2.24) is 4.90 Å². The number of carbonyl (C=O) groups excluding carboxylic acids is 1. The fourth-order valence-electron chi connectivity index (χ4n) is 2.56. The van der Waals surface area contributed by atoms with Crippen LogP contribution in [0.2, 0.25) is 0 Å². The molecule has 1 amide bonds. The number of hydrogen-bond donors (Lipinski definition) is 2. The van der Waals surface area contributed by atoms with Crippen LogP contribution in [-0.2, 0) is 14.6 Å². The standard InChI is InChI=1S/C12H23N3O4S2/c1-4-12(5-2,10(13)14-17)11(16)15-6-7-20-8-9(15)21(3,18)19/h9,17H,4-8H2,1-3H3,(H2,13,14). The van der Waals surface area contributed by atoms with Gasteiger partial charge in [-0.15, -0.1) is 0 Å². The number of sulfone groups is 1. The lowest BCUT2D eigenvalue weighted by Gasteiger charge is -2.40. The number of amidine groups is 1. The van der Waals surface area contributed by atoms with Crippen molar-refractivity contribution in [3.05, 3.63) is 0 Å². The van der Waals surface area contributed by atoms with Crippen LogP contribution in [0.1, 0.15) is 26.7 Å². The SMILES string of the molecule is CCC(CC)(C(=O)N1CCSCC1S(C)(=O)=O)C(N)=NO. The van der Waals surface area contributed by atoms with Crippen LogP contribution in [0.3, 0.4) is 0 Å². The van der Waals surface area contributed by atoms with E-state index in [1.807, 2.05) is 0 Å². The van der Waals surface area contributed by atoms with Gasteiger partial charge in [0.15, 0.2) is 15.7 Å². The number of nitrogens with zero attached hydrogens (tertiary/aromatic N) is 2. The van der Waals surface area contributed by atoms with Crippen molar-refractivity contribution >= 4 is 33.3 Å². The molecule has 0 aromatic carbocycles. The molecule has 1 rings (SSSR count). The van der Waals surface area contributed by atoms with Crippen LogP contribution in [0, 0.1) is 5.41 Å². The van der Waals surface area contributed by atoms with Gasteiger partial charge in [-0.2, -0.15) is 11.8 Å². The van der Waals surface area contributed by atoms with Crippen molar-refractivity contribution in [3.8, 4) is 0 Å². The predicted octanol–water partition coefficient (Wildman–Crippen LogP) is 0.485. The van der Waals surface area contributed by atoms with Crippen LogP contribution in [0.4, 0.5) is 0 Å². The van der Waals surface area contributed by atoms with E-state index in [0.717, 1.165) is 6.26 Å². The molecule has 1 aliphatic rings. The molecule has 0 spiro atoms. The van der Waals surface area contributed by atoms with Gasteiger partial charge in [0.25, 0.3) is 0 Å². The summed E-state index contributed by atoms with van der Waals surface area (Å²) in [5, 5.41) is 11.1. The van der Waals surface area contributed by atoms with Gasteiger partial charge in [0.2, 0.25) is 5.91 Å². The molecule has 1 heterocycles. The van der Waals surface area contributed by atoms with Crippen LogP contribution in [0.25, 0.3) is 0 Å². The highest BCUT2D eigenvalue weighted by atomic mass is 32.2. The number of hydrogen-bond acceptors (Lipinski definition) is 6. The first kappa shape index (κ1) is 18.1. The van der Waals surface area contributed by atoms with Gasteiger partial charge in [-0.1, -0.05) is 19.0 Å². The Hall–Kier alpha value is -0.960. The maximum absolute atomic E-state index is 12.9. The maximum atomic E-state index is 12.9. The molecular weight excluding hydrogens is 314 g/mol. The van der Waals surface area contributed by atoms with Crippen molar-refractivity contribution in [1.29, 1.82) is 0 Å². The summed E-state index contributed by atoms with van der Waals surface area (Å²) in [6.07, 6.45) is 1.82. The second-order valence-corrected chi connectivity index (χ2v) is 8.49. The van der Waals surface area contributed by atoms with Crippen LogP contribution >= 0.6 is 11.8 Å². The summed E-state index contributed by atoms with van der Waals surface area (Å²) in [7, 11) is -3.39. The van der Waals surface area contributed by atoms with E-state index in [4.69, 9.17) is 10.9 Å². The summed E-state index contributed by atoms with van der Waals surface area (Å²) in [6, 6.07) is 0. The molecule has 9 heteroatoms. The van der Waals surface area contributed by atoms with Gasteiger partial charge in [0.05, 0.1) is 0 Å². The summed E-state index contributed by atoms with van der Waals surface area (Å²) in [5.74, 6) is 0.489. The van der Waals surface area contributed by atoms with E-state index in [1.165, 1.54) is 16.7 Å². The normalized spacial score (nSPS) is 21.4. The minimum Gasteiger partial charge on any atom is -0.409 e. The van der Waals surface area contributed by atoms with Crippen LogP contribution in [0.15, 0.2) is 5.16 Å². The zero-order valence-electron chi connectivity index (χ0n) is 12.6. The predicted molar refractivity (Wildman–Crippen MR) is 84.1 cm³/mol. The van der Waals surface area contributed by atoms with Crippen molar-refractivity contribution in [2.24, 2.45) is 16.3 Å². The van der Waals surface area contributed by atoms with Crippen LogP contribution < -0.4 is 5.73 Å². The molecule has 1 aliphatic heterocycles. The van der Waals surface area contributed by atoms with E-state index in [-0.39, 0.29) is 11.7 Å². The van der Waals surface area contributed by atoms with E-state index < -0.39 is 20.6 Å². The minimum absolute atomic E-state index is 0.164. The first-order valence-corrected chi connectivity index (χ1v) is 9.91. The van der Waals surface area contributed by atoms with Gasteiger partial charge in [0, 0.05) is 24.3 Å². The van der Waals surface area contributed by atoms with Crippen molar-refractivity contribution in [2.45, 2.75) is 32.1 Å². The second kappa shape index (κ2) is 6.87. The zero-order valence-corrected chi connectivity index (χ0v) is 14.2. The van der Waals surface area contributed by atoms with Gasteiger partial charge in [-0.05, 0) is 12.8 Å². The van der Waals surface area contributed by atoms with E-state index in [2.05, 4.69) is 5.16 Å². The monoisotopic (exact) mass is 337 g/mol. The molecule has 0 aromatic heterocycles. The lowest BCUT2D eigenvalue weighted by molar-refractivity contribution is -0.139. The Morgan fingerprint density at radius 3 is 2.48 bits per heavy atom. The fourth-order valence-corrected chi connectivity index (χ4v) is 5.38. The molecule has 1 saturated heterocycles. The molecule has 0 aromatic rings. The lowest BCUT2D eigenvalue weighted by Crippen LogP contribution is -2.58. The number of carbonyl (C=O) groups is 1. The van der Waals surface area contributed by atoms with Gasteiger partial charge >= 0.3 is 0 Å². The summed E-state index contributed by atoms with van der Waals surface area (Å²) >= 11 is 1.51. The highest BCUT2D eigenvalue weighted by molar-refractivity contribution is 8.00. The molecule has 122 valence electrons. The first-order chi connectivity index (χ1) is 9.74. The quantitative estimate of drug-likeness (QED) is 0.327. The summed E-state index contributed by atoms with van der Waals surface area (Å²) in [4.78, 5) is 14.3. The smallest absolute Gasteiger partial charge is 0.237 e. The Balaban J connectivity index is 3.24. The topological polar surface area (TPSA) is 113 Å². The largest absolute Gasteiger partial charge is 0.409 e. The number of rotatable bonds is 5. The third-order valence-corrected chi connectivity index (χ3v) is 6.70.